The number of carbonyl (C=O) groups is 2. The smallest absolute Gasteiger partial charge is 0.323 e. The Bertz CT molecular complexity index is 650. The molecule has 2 heterocycles. The third-order valence-corrected chi connectivity index (χ3v) is 6.53. The SMILES string of the molecule is O=C1N[C@@](CCc2ccccc2)(C2CCNCC2)C(=O)N1C1CCCC1. The van der Waals surface area contributed by atoms with Gasteiger partial charge in [-0.25, -0.2) is 4.79 Å². The molecule has 1 saturated carbocycles. The zero-order valence-corrected chi connectivity index (χ0v) is 15.4. The second-order valence-corrected chi connectivity index (χ2v) is 8.02. The molecule has 140 valence electrons. The molecule has 26 heavy (non-hydrogen) atoms. The van der Waals surface area contributed by atoms with E-state index in [1.807, 2.05) is 18.2 Å². The minimum absolute atomic E-state index is 0.0391. The highest BCUT2D eigenvalue weighted by atomic mass is 16.2. The predicted octanol–water partition coefficient (Wildman–Crippen LogP) is 2.85. The highest BCUT2D eigenvalue weighted by Crippen LogP contribution is 2.38. The zero-order valence-electron chi connectivity index (χ0n) is 15.4. The molecule has 0 aromatic heterocycles. The number of piperidine rings is 1. The number of imide groups is 1. The number of nitrogens with one attached hydrogen (secondary N) is 2. The number of hydrogen-bond donors (Lipinski definition) is 2. The molecule has 0 unspecified atom stereocenters. The van der Waals surface area contributed by atoms with Gasteiger partial charge in [0.1, 0.15) is 5.54 Å². The van der Waals surface area contributed by atoms with Crippen molar-refractivity contribution in [1.29, 1.82) is 0 Å². The third-order valence-electron chi connectivity index (χ3n) is 6.53. The third kappa shape index (κ3) is 3.13. The number of carbonyl (C=O) groups excluding carboxylic acids is 2. The van der Waals surface area contributed by atoms with Gasteiger partial charge in [0.15, 0.2) is 0 Å². The predicted molar refractivity (Wildman–Crippen MR) is 101 cm³/mol. The van der Waals surface area contributed by atoms with Crippen molar-refractivity contribution in [1.82, 2.24) is 15.5 Å². The van der Waals surface area contributed by atoms with E-state index in [4.69, 9.17) is 0 Å². The molecule has 0 bridgehead atoms. The van der Waals surface area contributed by atoms with E-state index < -0.39 is 5.54 Å². The molecule has 1 aromatic rings. The summed E-state index contributed by atoms with van der Waals surface area (Å²) in [5, 5.41) is 6.58. The number of benzene rings is 1. The summed E-state index contributed by atoms with van der Waals surface area (Å²) in [6.45, 7) is 1.84. The van der Waals surface area contributed by atoms with Gasteiger partial charge in [-0.1, -0.05) is 43.2 Å². The van der Waals surface area contributed by atoms with Crippen molar-refractivity contribution >= 4 is 11.9 Å². The van der Waals surface area contributed by atoms with Crippen LogP contribution in [0.4, 0.5) is 4.79 Å². The first-order valence-electron chi connectivity index (χ1n) is 10.1. The van der Waals surface area contributed by atoms with Gasteiger partial charge in [0.2, 0.25) is 0 Å². The highest BCUT2D eigenvalue weighted by Gasteiger charge is 2.56. The first-order chi connectivity index (χ1) is 12.7. The molecule has 4 rings (SSSR count). The summed E-state index contributed by atoms with van der Waals surface area (Å²) in [4.78, 5) is 28.0. The van der Waals surface area contributed by atoms with Gasteiger partial charge in [0, 0.05) is 6.04 Å². The number of nitrogens with zero attached hydrogens (tertiary/aromatic N) is 1. The van der Waals surface area contributed by atoms with Gasteiger partial charge in [-0.3, -0.25) is 9.69 Å². The van der Waals surface area contributed by atoms with E-state index in [1.54, 1.807) is 4.90 Å². The number of hydrogen-bond acceptors (Lipinski definition) is 3. The average Bonchev–Trinajstić information content (AvgIpc) is 3.28. The maximum atomic E-state index is 13.6. The maximum absolute atomic E-state index is 13.6. The van der Waals surface area contributed by atoms with E-state index in [0.29, 0.717) is 6.42 Å². The van der Waals surface area contributed by atoms with Crippen LogP contribution in [0.25, 0.3) is 0 Å². The molecule has 2 N–H and O–H groups in total. The van der Waals surface area contributed by atoms with Crippen LogP contribution in [0.2, 0.25) is 0 Å². The molecule has 2 aliphatic heterocycles. The van der Waals surface area contributed by atoms with Crippen LogP contribution in [-0.2, 0) is 11.2 Å². The molecule has 3 fully saturated rings. The quantitative estimate of drug-likeness (QED) is 0.799. The van der Waals surface area contributed by atoms with Crippen LogP contribution in [0.15, 0.2) is 30.3 Å². The summed E-state index contributed by atoms with van der Waals surface area (Å²) in [7, 11) is 0. The van der Waals surface area contributed by atoms with Crippen LogP contribution in [-0.4, -0.2) is 41.5 Å². The molecule has 0 radical (unpaired) electrons. The Labute approximate surface area is 155 Å². The monoisotopic (exact) mass is 355 g/mol. The van der Waals surface area contributed by atoms with Crippen molar-refractivity contribution in [3.63, 3.8) is 0 Å². The van der Waals surface area contributed by atoms with E-state index in [0.717, 1.165) is 58.0 Å². The van der Waals surface area contributed by atoms with Crippen LogP contribution in [0.5, 0.6) is 0 Å². The van der Waals surface area contributed by atoms with Crippen molar-refractivity contribution < 1.29 is 9.59 Å². The summed E-state index contributed by atoms with van der Waals surface area (Å²) in [5.74, 6) is 0.257. The minimum Gasteiger partial charge on any atom is -0.323 e. The van der Waals surface area contributed by atoms with E-state index in [-0.39, 0.29) is 23.9 Å². The van der Waals surface area contributed by atoms with Gasteiger partial charge < -0.3 is 10.6 Å². The summed E-state index contributed by atoms with van der Waals surface area (Å²) in [5.41, 5.74) is 0.500. The molecule has 3 aliphatic rings. The van der Waals surface area contributed by atoms with Gasteiger partial charge >= 0.3 is 6.03 Å². The van der Waals surface area contributed by atoms with Crippen molar-refractivity contribution in [2.24, 2.45) is 5.92 Å². The Hall–Kier alpha value is -1.88. The molecule has 1 aliphatic carbocycles. The number of rotatable bonds is 5. The van der Waals surface area contributed by atoms with Crippen LogP contribution < -0.4 is 10.6 Å². The molecular weight excluding hydrogens is 326 g/mol. The molecular formula is C21H29N3O2. The van der Waals surface area contributed by atoms with E-state index in [1.165, 1.54) is 5.56 Å². The van der Waals surface area contributed by atoms with Gasteiger partial charge in [0.25, 0.3) is 5.91 Å². The molecule has 0 spiro atoms. The van der Waals surface area contributed by atoms with Gasteiger partial charge in [-0.05, 0) is 63.1 Å². The fraction of sp³-hybridized carbons (Fsp3) is 0.619. The second-order valence-electron chi connectivity index (χ2n) is 8.02. The molecule has 3 amide bonds. The number of urea groups is 1. The Morgan fingerprint density at radius 2 is 1.69 bits per heavy atom. The molecule has 2 saturated heterocycles. The van der Waals surface area contributed by atoms with Gasteiger partial charge in [0.05, 0.1) is 0 Å². The first-order valence-corrected chi connectivity index (χ1v) is 10.1. The Morgan fingerprint density at radius 1 is 1.00 bits per heavy atom. The van der Waals surface area contributed by atoms with Crippen molar-refractivity contribution in [3.05, 3.63) is 35.9 Å². The lowest BCUT2D eigenvalue weighted by Crippen LogP contribution is -2.56. The maximum Gasteiger partial charge on any atom is 0.325 e. The lowest BCUT2D eigenvalue weighted by atomic mass is 9.74. The van der Waals surface area contributed by atoms with Crippen molar-refractivity contribution in [2.45, 2.75) is 62.9 Å². The first kappa shape index (κ1) is 17.5. The average molecular weight is 355 g/mol. The van der Waals surface area contributed by atoms with Crippen LogP contribution in [0.1, 0.15) is 50.5 Å². The molecule has 5 nitrogen and oxygen atoms in total. The van der Waals surface area contributed by atoms with Gasteiger partial charge in [-0.15, -0.1) is 0 Å². The van der Waals surface area contributed by atoms with Crippen molar-refractivity contribution in [2.75, 3.05) is 13.1 Å². The summed E-state index contributed by atoms with van der Waals surface area (Å²) < 4.78 is 0. The van der Waals surface area contributed by atoms with E-state index >= 15 is 0 Å². The summed E-state index contributed by atoms with van der Waals surface area (Å²) in [6, 6.07) is 10.2. The minimum atomic E-state index is -0.725. The fourth-order valence-electron chi connectivity index (χ4n) is 5.06. The summed E-state index contributed by atoms with van der Waals surface area (Å²) in [6.07, 6.45) is 7.54. The Balaban J connectivity index is 1.60. The highest BCUT2D eigenvalue weighted by molar-refractivity contribution is 6.07. The topological polar surface area (TPSA) is 61.4 Å². The zero-order chi connectivity index (χ0) is 18.0. The second kappa shape index (κ2) is 7.39. The number of amides is 3. The fourth-order valence-corrected chi connectivity index (χ4v) is 5.06. The van der Waals surface area contributed by atoms with Crippen LogP contribution in [0.3, 0.4) is 0 Å². The summed E-state index contributed by atoms with van der Waals surface area (Å²) >= 11 is 0. The Morgan fingerprint density at radius 3 is 2.38 bits per heavy atom. The van der Waals surface area contributed by atoms with E-state index in [2.05, 4.69) is 22.8 Å². The van der Waals surface area contributed by atoms with Crippen molar-refractivity contribution in [3.8, 4) is 0 Å². The van der Waals surface area contributed by atoms with Gasteiger partial charge in [-0.2, -0.15) is 0 Å². The molecule has 5 heteroatoms. The lowest BCUT2D eigenvalue weighted by molar-refractivity contribution is -0.135. The number of aryl methyl sites for hydroxylation is 1. The van der Waals surface area contributed by atoms with E-state index in [9.17, 15) is 9.59 Å². The lowest BCUT2D eigenvalue weighted by Gasteiger charge is -2.38. The van der Waals surface area contributed by atoms with Crippen LogP contribution in [0, 0.1) is 5.92 Å². The van der Waals surface area contributed by atoms with Crippen LogP contribution >= 0.6 is 0 Å². The molecule has 1 atom stereocenters. The Kier molecular flexibility index (Phi) is 4.98. The standard InChI is InChI=1S/C21H29N3O2/c25-19-21(17-11-14-22-15-12-17,13-10-16-6-2-1-3-7-16)23-20(26)24(19)18-8-4-5-9-18/h1-3,6-7,17-18,22H,4-5,8-15H2,(H,23,26)/t21-/m0/s1. The molecule has 1 aromatic carbocycles. The largest absolute Gasteiger partial charge is 0.325 e. The normalized spacial score (nSPS) is 27.9.